The van der Waals surface area contributed by atoms with Gasteiger partial charge in [-0.1, -0.05) is 6.42 Å². The summed E-state index contributed by atoms with van der Waals surface area (Å²) in [6, 6.07) is 1.06. The molecule has 0 aromatic heterocycles. The van der Waals surface area contributed by atoms with Gasteiger partial charge in [-0.15, -0.1) is 0 Å². The highest BCUT2D eigenvalue weighted by molar-refractivity contribution is 5.80. The van der Waals surface area contributed by atoms with Gasteiger partial charge in [0.15, 0.2) is 0 Å². The van der Waals surface area contributed by atoms with Crippen molar-refractivity contribution in [2.45, 2.75) is 57.0 Å². The highest BCUT2D eigenvalue weighted by Gasteiger charge is 2.45. The first-order valence-corrected chi connectivity index (χ1v) is 6.82. The summed E-state index contributed by atoms with van der Waals surface area (Å²) in [6.07, 6.45) is 8.28. The van der Waals surface area contributed by atoms with Crippen LogP contribution in [-0.2, 0) is 4.79 Å². The SMILES string of the molecule is NCC1C[C@H]2CC[C@@H](C1)N2C(=O)C1CCC1. The number of carbonyl (C=O) groups excluding carboxylic acids is 1. The Kier molecular flexibility index (Phi) is 2.66. The molecule has 0 aromatic rings. The molecule has 2 heterocycles. The average Bonchev–Trinajstić information content (AvgIpc) is 2.47. The van der Waals surface area contributed by atoms with Crippen LogP contribution in [0.5, 0.6) is 0 Å². The molecule has 1 unspecified atom stereocenters. The van der Waals surface area contributed by atoms with Gasteiger partial charge in [-0.3, -0.25) is 4.79 Å². The minimum atomic E-state index is 0.373. The molecule has 3 atom stereocenters. The third-order valence-electron chi connectivity index (χ3n) is 4.87. The number of amides is 1. The van der Waals surface area contributed by atoms with Crippen LogP contribution in [0, 0.1) is 11.8 Å². The van der Waals surface area contributed by atoms with E-state index >= 15 is 0 Å². The van der Waals surface area contributed by atoms with Gasteiger partial charge in [-0.25, -0.2) is 0 Å². The highest BCUT2D eigenvalue weighted by atomic mass is 16.2. The third kappa shape index (κ3) is 1.56. The molecule has 1 amide bonds. The number of hydrogen-bond donors (Lipinski definition) is 1. The molecule has 0 spiro atoms. The van der Waals surface area contributed by atoms with Gasteiger partial charge in [0.05, 0.1) is 0 Å². The Morgan fingerprint density at radius 3 is 2.19 bits per heavy atom. The Morgan fingerprint density at radius 2 is 1.75 bits per heavy atom. The summed E-state index contributed by atoms with van der Waals surface area (Å²) in [5.74, 6) is 1.51. The second-order valence-electron chi connectivity index (χ2n) is 5.83. The molecule has 0 aromatic carbocycles. The topological polar surface area (TPSA) is 46.3 Å². The summed E-state index contributed by atoms with van der Waals surface area (Å²) in [7, 11) is 0. The van der Waals surface area contributed by atoms with Gasteiger partial charge in [-0.2, -0.15) is 0 Å². The molecule has 2 aliphatic heterocycles. The molecule has 3 fully saturated rings. The number of carbonyl (C=O) groups is 1. The molecular formula is C13H22N2O. The standard InChI is InChI=1S/C13H22N2O/c14-8-9-6-11-4-5-12(7-9)15(11)13(16)10-2-1-3-10/h9-12H,1-8,14H2/t9?,11-,12+. The van der Waals surface area contributed by atoms with Crippen LogP contribution in [0.1, 0.15) is 44.9 Å². The molecule has 1 aliphatic carbocycles. The van der Waals surface area contributed by atoms with Crippen molar-refractivity contribution in [1.29, 1.82) is 0 Å². The van der Waals surface area contributed by atoms with Gasteiger partial charge in [0.25, 0.3) is 0 Å². The van der Waals surface area contributed by atoms with E-state index in [9.17, 15) is 4.79 Å². The maximum atomic E-state index is 12.3. The molecule has 2 bridgehead atoms. The first kappa shape index (κ1) is 10.6. The van der Waals surface area contributed by atoms with E-state index in [4.69, 9.17) is 5.73 Å². The lowest BCUT2D eigenvalue weighted by molar-refractivity contribution is -0.143. The second kappa shape index (κ2) is 4.02. The van der Waals surface area contributed by atoms with Crippen molar-refractivity contribution in [3.8, 4) is 0 Å². The van der Waals surface area contributed by atoms with E-state index in [2.05, 4.69) is 4.90 Å². The molecule has 1 saturated carbocycles. The lowest BCUT2D eigenvalue weighted by Crippen LogP contribution is -2.50. The first-order valence-electron chi connectivity index (χ1n) is 6.82. The van der Waals surface area contributed by atoms with E-state index < -0.39 is 0 Å². The van der Waals surface area contributed by atoms with E-state index in [-0.39, 0.29) is 0 Å². The lowest BCUT2D eigenvalue weighted by Gasteiger charge is -2.42. The van der Waals surface area contributed by atoms with Crippen LogP contribution in [0.15, 0.2) is 0 Å². The number of hydrogen-bond acceptors (Lipinski definition) is 2. The molecule has 3 rings (SSSR count). The molecule has 2 N–H and O–H groups in total. The fraction of sp³-hybridized carbons (Fsp3) is 0.923. The smallest absolute Gasteiger partial charge is 0.226 e. The van der Waals surface area contributed by atoms with Crippen LogP contribution < -0.4 is 5.73 Å². The summed E-state index contributed by atoms with van der Waals surface area (Å²) in [4.78, 5) is 14.6. The van der Waals surface area contributed by atoms with Crippen LogP contribution in [0.3, 0.4) is 0 Å². The molecule has 2 saturated heterocycles. The zero-order valence-electron chi connectivity index (χ0n) is 9.90. The number of fused-ring (bicyclic) bond motifs is 2. The van der Waals surface area contributed by atoms with Gasteiger partial charge in [0, 0.05) is 18.0 Å². The fourth-order valence-corrected chi connectivity index (χ4v) is 3.71. The van der Waals surface area contributed by atoms with E-state index in [0.29, 0.717) is 29.8 Å². The van der Waals surface area contributed by atoms with Crippen LogP contribution in [-0.4, -0.2) is 29.4 Å². The fourth-order valence-electron chi connectivity index (χ4n) is 3.71. The molecule has 3 nitrogen and oxygen atoms in total. The largest absolute Gasteiger partial charge is 0.336 e. The summed E-state index contributed by atoms with van der Waals surface area (Å²) < 4.78 is 0. The highest BCUT2D eigenvalue weighted by Crippen LogP contribution is 2.41. The van der Waals surface area contributed by atoms with Gasteiger partial charge >= 0.3 is 0 Å². The molecule has 90 valence electrons. The van der Waals surface area contributed by atoms with Gasteiger partial charge < -0.3 is 10.6 Å². The van der Waals surface area contributed by atoms with E-state index in [1.165, 1.54) is 19.3 Å². The Balaban J connectivity index is 1.70. The summed E-state index contributed by atoms with van der Waals surface area (Å²) in [5.41, 5.74) is 5.77. The monoisotopic (exact) mass is 222 g/mol. The molecule has 3 aliphatic rings. The maximum absolute atomic E-state index is 12.3. The van der Waals surface area contributed by atoms with Crippen molar-refractivity contribution in [3.63, 3.8) is 0 Å². The zero-order chi connectivity index (χ0) is 11.1. The molecule has 0 radical (unpaired) electrons. The van der Waals surface area contributed by atoms with E-state index in [0.717, 1.165) is 32.2 Å². The summed E-state index contributed by atoms with van der Waals surface area (Å²) >= 11 is 0. The zero-order valence-corrected chi connectivity index (χ0v) is 9.90. The number of rotatable bonds is 2. The van der Waals surface area contributed by atoms with Crippen LogP contribution >= 0.6 is 0 Å². The van der Waals surface area contributed by atoms with Gasteiger partial charge in [-0.05, 0) is 51.0 Å². The Hall–Kier alpha value is -0.570. The predicted molar refractivity (Wildman–Crippen MR) is 62.8 cm³/mol. The Bertz CT molecular complexity index is 274. The Labute approximate surface area is 97.4 Å². The normalized spacial score (nSPS) is 38.6. The molecular weight excluding hydrogens is 200 g/mol. The van der Waals surface area contributed by atoms with Crippen molar-refractivity contribution in [2.75, 3.05) is 6.54 Å². The predicted octanol–water partition coefficient (Wildman–Crippen LogP) is 1.51. The Morgan fingerprint density at radius 1 is 1.12 bits per heavy atom. The summed E-state index contributed by atoms with van der Waals surface area (Å²) in [5, 5.41) is 0. The number of piperidine rings is 1. The number of nitrogens with zero attached hydrogens (tertiary/aromatic N) is 1. The van der Waals surface area contributed by atoms with Crippen LogP contribution in [0.25, 0.3) is 0 Å². The molecule has 3 heteroatoms. The van der Waals surface area contributed by atoms with Gasteiger partial charge in [0.1, 0.15) is 0 Å². The van der Waals surface area contributed by atoms with Crippen LogP contribution in [0.4, 0.5) is 0 Å². The minimum Gasteiger partial charge on any atom is -0.336 e. The van der Waals surface area contributed by atoms with Crippen molar-refractivity contribution in [3.05, 3.63) is 0 Å². The van der Waals surface area contributed by atoms with E-state index in [1.54, 1.807) is 0 Å². The van der Waals surface area contributed by atoms with Crippen molar-refractivity contribution in [1.82, 2.24) is 4.90 Å². The van der Waals surface area contributed by atoms with Crippen molar-refractivity contribution < 1.29 is 4.79 Å². The average molecular weight is 222 g/mol. The lowest BCUT2D eigenvalue weighted by atomic mass is 9.82. The molecule has 16 heavy (non-hydrogen) atoms. The van der Waals surface area contributed by atoms with Crippen molar-refractivity contribution in [2.24, 2.45) is 17.6 Å². The quantitative estimate of drug-likeness (QED) is 0.770. The van der Waals surface area contributed by atoms with E-state index in [1.807, 2.05) is 0 Å². The maximum Gasteiger partial charge on any atom is 0.226 e. The second-order valence-corrected chi connectivity index (χ2v) is 5.83. The minimum absolute atomic E-state index is 0.373. The summed E-state index contributed by atoms with van der Waals surface area (Å²) in [6.45, 7) is 0.804. The van der Waals surface area contributed by atoms with Gasteiger partial charge in [0.2, 0.25) is 5.91 Å². The van der Waals surface area contributed by atoms with Crippen molar-refractivity contribution >= 4 is 5.91 Å². The van der Waals surface area contributed by atoms with Crippen LogP contribution in [0.2, 0.25) is 0 Å². The third-order valence-corrected chi connectivity index (χ3v) is 4.87. The number of nitrogens with two attached hydrogens (primary N) is 1. The first-order chi connectivity index (χ1) is 7.79.